The summed E-state index contributed by atoms with van der Waals surface area (Å²) in [5, 5.41) is 3.08. The van der Waals surface area contributed by atoms with Gasteiger partial charge in [-0.3, -0.25) is 10.1 Å². The van der Waals surface area contributed by atoms with E-state index >= 15 is 0 Å². The van der Waals surface area contributed by atoms with Crippen molar-refractivity contribution in [3.8, 4) is 17.2 Å². The number of rotatable bonds is 8. The Morgan fingerprint density at radius 3 is 2.29 bits per heavy atom. The normalized spacial score (nSPS) is 11.5. The molecule has 0 unspecified atom stereocenters. The number of amides is 1. The molecule has 1 aromatic heterocycles. The molecule has 1 heterocycles. The Morgan fingerprint density at radius 1 is 1.10 bits per heavy atom. The Morgan fingerprint density at radius 2 is 1.74 bits per heavy atom. The quantitative estimate of drug-likeness (QED) is 0.544. The second-order valence-corrected chi connectivity index (χ2v) is 9.51. The topological polar surface area (TPSA) is 107 Å². The van der Waals surface area contributed by atoms with E-state index in [1.54, 1.807) is 19.1 Å². The van der Waals surface area contributed by atoms with Gasteiger partial charge >= 0.3 is 0 Å². The van der Waals surface area contributed by atoms with E-state index in [0.29, 0.717) is 44.7 Å². The van der Waals surface area contributed by atoms with Crippen LogP contribution in [-0.4, -0.2) is 58.5 Å². The highest BCUT2D eigenvalue weighted by atomic mass is 32.2. The fraction of sp³-hybridized carbons (Fsp3) is 0.300. The standard InChI is InChI=1S/C20H23N3O6S2/c1-6-23(2)31(25,26)13-7-8-14-17(11-13)30-20(21-14)22-19(24)12-9-15(27-3)18(29-5)16(10-12)28-4/h7-11H,6H2,1-5H3,(H,21,22,24). The average molecular weight is 466 g/mol. The van der Waals surface area contributed by atoms with Gasteiger partial charge in [-0.1, -0.05) is 18.3 Å². The molecule has 0 radical (unpaired) electrons. The van der Waals surface area contributed by atoms with Gasteiger partial charge in [-0.2, -0.15) is 0 Å². The van der Waals surface area contributed by atoms with Crippen LogP contribution >= 0.6 is 11.3 Å². The Bertz CT molecular complexity index is 1200. The zero-order valence-corrected chi connectivity index (χ0v) is 19.4. The Hall–Kier alpha value is -2.89. The van der Waals surface area contributed by atoms with Crippen LogP contribution in [-0.2, 0) is 10.0 Å². The number of hydrogen-bond donors (Lipinski definition) is 1. The van der Waals surface area contributed by atoms with Crippen LogP contribution in [0.5, 0.6) is 17.2 Å². The fourth-order valence-corrected chi connectivity index (χ4v) is 5.03. The maximum atomic E-state index is 12.8. The van der Waals surface area contributed by atoms with Crippen molar-refractivity contribution in [2.24, 2.45) is 0 Å². The van der Waals surface area contributed by atoms with Gasteiger partial charge in [-0.05, 0) is 30.3 Å². The minimum Gasteiger partial charge on any atom is -0.493 e. The van der Waals surface area contributed by atoms with Gasteiger partial charge in [0, 0.05) is 19.2 Å². The third kappa shape index (κ3) is 4.43. The van der Waals surface area contributed by atoms with E-state index in [1.807, 2.05) is 0 Å². The van der Waals surface area contributed by atoms with Crippen molar-refractivity contribution in [1.29, 1.82) is 0 Å². The zero-order valence-electron chi connectivity index (χ0n) is 17.8. The number of carbonyl (C=O) groups excluding carboxylic acids is 1. The molecule has 0 aliphatic carbocycles. The molecule has 9 nitrogen and oxygen atoms in total. The van der Waals surface area contributed by atoms with Crippen molar-refractivity contribution in [1.82, 2.24) is 9.29 Å². The van der Waals surface area contributed by atoms with Gasteiger partial charge in [0.1, 0.15) is 0 Å². The smallest absolute Gasteiger partial charge is 0.257 e. The highest BCUT2D eigenvalue weighted by Gasteiger charge is 2.21. The summed E-state index contributed by atoms with van der Waals surface area (Å²) >= 11 is 1.18. The van der Waals surface area contributed by atoms with Crippen LogP contribution in [0.1, 0.15) is 17.3 Å². The first-order chi connectivity index (χ1) is 14.7. The van der Waals surface area contributed by atoms with E-state index < -0.39 is 15.9 Å². The van der Waals surface area contributed by atoms with Crippen LogP contribution in [0, 0.1) is 0 Å². The minimum atomic E-state index is -3.57. The number of hydrogen-bond acceptors (Lipinski definition) is 8. The summed E-state index contributed by atoms with van der Waals surface area (Å²) in [4.78, 5) is 17.3. The predicted molar refractivity (Wildman–Crippen MR) is 119 cm³/mol. The Labute approximate surface area is 184 Å². The Kier molecular flexibility index (Phi) is 6.68. The monoisotopic (exact) mass is 465 g/mol. The van der Waals surface area contributed by atoms with Crippen LogP contribution in [0.15, 0.2) is 35.2 Å². The van der Waals surface area contributed by atoms with Crippen molar-refractivity contribution in [2.45, 2.75) is 11.8 Å². The third-order valence-electron chi connectivity index (χ3n) is 4.66. The lowest BCUT2D eigenvalue weighted by atomic mass is 10.1. The summed E-state index contributed by atoms with van der Waals surface area (Å²) in [5.41, 5.74) is 0.880. The van der Waals surface area contributed by atoms with E-state index in [9.17, 15) is 13.2 Å². The molecule has 0 spiro atoms. The van der Waals surface area contributed by atoms with Crippen LogP contribution in [0.25, 0.3) is 10.2 Å². The van der Waals surface area contributed by atoms with Gasteiger partial charge < -0.3 is 14.2 Å². The molecule has 0 aliphatic heterocycles. The number of nitrogens with zero attached hydrogens (tertiary/aromatic N) is 2. The Balaban J connectivity index is 1.91. The number of sulfonamides is 1. The van der Waals surface area contributed by atoms with Crippen molar-refractivity contribution in [2.75, 3.05) is 40.2 Å². The maximum Gasteiger partial charge on any atom is 0.257 e. The average Bonchev–Trinajstić information content (AvgIpc) is 3.18. The molecule has 0 saturated heterocycles. The number of thiazole rings is 1. The van der Waals surface area contributed by atoms with E-state index in [2.05, 4.69) is 10.3 Å². The molecular formula is C20H23N3O6S2. The van der Waals surface area contributed by atoms with Gasteiger partial charge in [0.05, 0.1) is 36.4 Å². The summed E-state index contributed by atoms with van der Waals surface area (Å²) in [7, 11) is 2.36. The van der Waals surface area contributed by atoms with Crippen LogP contribution in [0.2, 0.25) is 0 Å². The highest BCUT2D eigenvalue weighted by molar-refractivity contribution is 7.89. The van der Waals surface area contributed by atoms with Crippen LogP contribution in [0.3, 0.4) is 0 Å². The van der Waals surface area contributed by atoms with Crippen molar-refractivity contribution < 1.29 is 27.4 Å². The number of aromatic nitrogens is 1. The maximum absolute atomic E-state index is 12.8. The third-order valence-corrected chi connectivity index (χ3v) is 7.52. The lowest BCUT2D eigenvalue weighted by Gasteiger charge is -2.14. The second-order valence-electron chi connectivity index (χ2n) is 6.44. The molecule has 1 N–H and O–H groups in total. The van der Waals surface area contributed by atoms with Gasteiger partial charge in [0.2, 0.25) is 15.8 Å². The molecule has 0 fully saturated rings. The summed E-state index contributed by atoms with van der Waals surface area (Å²) in [6, 6.07) is 7.76. The SMILES string of the molecule is CCN(C)S(=O)(=O)c1ccc2nc(NC(=O)c3cc(OC)c(OC)c(OC)c3)sc2c1. The molecule has 0 atom stereocenters. The van der Waals surface area contributed by atoms with Crippen LogP contribution < -0.4 is 19.5 Å². The summed E-state index contributed by atoms with van der Waals surface area (Å²) in [5.74, 6) is 0.668. The number of methoxy groups -OCH3 is 3. The zero-order chi connectivity index (χ0) is 22.8. The first kappa shape index (κ1) is 22.8. The first-order valence-electron chi connectivity index (χ1n) is 9.23. The molecule has 1 amide bonds. The number of nitrogens with one attached hydrogen (secondary N) is 1. The van der Waals surface area contributed by atoms with Gasteiger partial charge in [0.25, 0.3) is 5.91 Å². The van der Waals surface area contributed by atoms with E-state index in [4.69, 9.17) is 14.2 Å². The lowest BCUT2D eigenvalue weighted by molar-refractivity contribution is 0.102. The van der Waals surface area contributed by atoms with Crippen molar-refractivity contribution >= 4 is 42.6 Å². The van der Waals surface area contributed by atoms with E-state index in [0.717, 1.165) is 0 Å². The molecule has 0 bridgehead atoms. The number of anilines is 1. The van der Waals surface area contributed by atoms with Gasteiger partial charge in [0.15, 0.2) is 16.6 Å². The number of ether oxygens (including phenoxy) is 3. The van der Waals surface area contributed by atoms with E-state index in [-0.39, 0.29) is 4.90 Å². The number of carbonyl (C=O) groups is 1. The van der Waals surface area contributed by atoms with Crippen molar-refractivity contribution in [3.63, 3.8) is 0 Å². The molecule has 2 aromatic carbocycles. The molecule has 0 saturated carbocycles. The van der Waals surface area contributed by atoms with Gasteiger partial charge in [-0.15, -0.1) is 0 Å². The largest absolute Gasteiger partial charge is 0.493 e. The lowest BCUT2D eigenvalue weighted by Crippen LogP contribution is -2.26. The molecule has 166 valence electrons. The van der Waals surface area contributed by atoms with Gasteiger partial charge in [-0.25, -0.2) is 17.7 Å². The molecule has 3 rings (SSSR count). The fourth-order valence-electron chi connectivity index (χ4n) is 2.85. The van der Waals surface area contributed by atoms with Crippen molar-refractivity contribution in [3.05, 3.63) is 35.9 Å². The highest BCUT2D eigenvalue weighted by Crippen LogP contribution is 2.38. The molecule has 31 heavy (non-hydrogen) atoms. The summed E-state index contributed by atoms with van der Waals surface area (Å²) < 4.78 is 42.9. The number of benzene rings is 2. The first-order valence-corrected chi connectivity index (χ1v) is 11.5. The summed E-state index contributed by atoms with van der Waals surface area (Å²) in [6.07, 6.45) is 0. The van der Waals surface area contributed by atoms with Crippen LogP contribution in [0.4, 0.5) is 5.13 Å². The van der Waals surface area contributed by atoms with E-state index in [1.165, 1.54) is 62.2 Å². The molecule has 11 heteroatoms. The number of fused-ring (bicyclic) bond motifs is 1. The molecular weight excluding hydrogens is 442 g/mol. The second kappa shape index (κ2) is 9.08. The molecule has 0 aliphatic rings. The predicted octanol–water partition coefficient (Wildman–Crippen LogP) is 3.21. The minimum absolute atomic E-state index is 0.176. The molecule has 3 aromatic rings. The summed E-state index contributed by atoms with van der Waals surface area (Å²) in [6.45, 7) is 2.12.